The lowest BCUT2D eigenvalue weighted by molar-refractivity contribution is -0.142. The van der Waals surface area contributed by atoms with Gasteiger partial charge < -0.3 is 15.7 Å². The van der Waals surface area contributed by atoms with Crippen LogP contribution in [0.4, 0.5) is 0 Å². The highest BCUT2D eigenvalue weighted by molar-refractivity contribution is 5.94. The van der Waals surface area contributed by atoms with Gasteiger partial charge in [0, 0.05) is 5.56 Å². The van der Waals surface area contributed by atoms with E-state index in [1.807, 2.05) is 43.3 Å². The molecular formula is C21H24N2O4. The lowest BCUT2D eigenvalue weighted by atomic mass is 10.0. The third-order valence-corrected chi connectivity index (χ3v) is 4.14. The predicted molar refractivity (Wildman–Crippen MR) is 102 cm³/mol. The number of carbonyl (C=O) groups is 3. The summed E-state index contributed by atoms with van der Waals surface area (Å²) in [5.41, 5.74) is 1.27. The van der Waals surface area contributed by atoms with E-state index in [0.717, 1.165) is 5.56 Å². The third-order valence-electron chi connectivity index (χ3n) is 4.14. The van der Waals surface area contributed by atoms with Gasteiger partial charge >= 0.3 is 5.97 Å². The molecule has 0 aliphatic heterocycles. The molecule has 0 saturated carbocycles. The number of carboxylic acid groups (broad SMARTS) is 1. The van der Waals surface area contributed by atoms with Gasteiger partial charge in [-0.2, -0.15) is 0 Å². The van der Waals surface area contributed by atoms with Crippen LogP contribution in [-0.2, 0) is 9.59 Å². The Hall–Kier alpha value is -3.15. The number of nitrogens with one attached hydrogen (secondary N) is 2. The Morgan fingerprint density at radius 3 is 2.07 bits per heavy atom. The van der Waals surface area contributed by atoms with Crippen molar-refractivity contribution in [3.8, 4) is 0 Å². The summed E-state index contributed by atoms with van der Waals surface area (Å²) < 4.78 is 0. The summed E-state index contributed by atoms with van der Waals surface area (Å²) in [7, 11) is 0. The van der Waals surface area contributed by atoms with Gasteiger partial charge in [-0.15, -0.1) is 0 Å². The zero-order chi connectivity index (χ0) is 19.6. The van der Waals surface area contributed by atoms with Gasteiger partial charge in [-0.3, -0.25) is 9.59 Å². The van der Waals surface area contributed by atoms with Crippen molar-refractivity contribution in [2.45, 2.75) is 38.3 Å². The normalized spacial score (nSPS) is 12.6. The average Bonchev–Trinajstić information content (AvgIpc) is 2.68. The second kappa shape index (κ2) is 10.1. The highest BCUT2D eigenvalue weighted by atomic mass is 16.4. The molecule has 0 aliphatic rings. The van der Waals surface area contributed by atoms with Gasteiger partial charge in [0.1, 0.15) is 6.04 Å². The number of benzene rings is 2. The van der Waals surface area contributed by atoms with Crippen LogP contribution in [-0.4, -0.2) is 28.9 Å². The van der Waals surface area contributed by atoms with Crippen molar-refractivity contribution in [3.63, 3.8) is 0 Å². The highest BCUT2D eigenvalue weighted by Crippen LogP contribution is 2.18. The molecule has 0 radical (unpaired) electrons. The number of amides is 2. The monoisotopic (exact) mass is 368 g/mol. The van der Waals surface area contributed by atoms with Crippen LogP contribution in [0.1, 0.15) is 48.1 Å². The van der Waals surface area contributed by atoms with Gasteiger partial charge in [-0.1, -0.05) is 61.9 Å². The first-order valence-electron chi connectivity index (χ1n) is 8.94. The Bertz CT molecular complexity index is 762. The van der Waals surface area contributed by atoms with E-state index >= 15 is 0 Å². The molecule has 0 fully saturated rings. The number of hydrogen-bond donors (Lipinski definition) is 3. The summed E-state index contributed by atoms with van der Waals surface area (Å²) >= 11 is 0. The molecule has 27 heavy (non-hydrogen) atoms. The molecule has 6 nitrogen and oxygen atoms in total. The standard InChI is InChI=1S/C21H24N2O4/c1-2-9-17(21(26)27)22-19(24)14-18(15-10-5-3-6-11-15)23-20(25)16-12-7-4-8-13-16/h3-8,10-13,17-18H,2,9,14H2,1H3,(H,22,24)(H,23,25)(H,26,27)/t17-,18-/m0/s1. The van der Waals surface area contributed by atoms with E-state index in [2.05, 4.69) is 10.6 Å². The molecule has 2 aromatic carbocycles. The van der Waals surface area contributed by atoms with Crippen LogP contribution in [0.5, 0.6) is 0 Å². The second-order valence-electron chi connectivity index (χ2n) is 6.25. The van der Waals surface area contributed by atoms with E-state index in [4.69, 9.17) is 0 Å². The van der Waals surface area contributed by atoms with Crippen molar-refractivity contribution in [2.75, 3.05) is 0 Å². The number of aliphatic carboxylic acids is 1. The van der Waals surface area contributed by atoms with Gasteiger partial charge in [-0.25, -0.2) is 4.79 Å². The van der Waals surface area contributed by atoms with Crippen LogP contribution in [0, 0.1) is 0 Å². The van der Waals surface area contributed by atoms with Crippen molar-refractivity contribution in [3.05, 3.63) is 71.8 Å². The van der Waals surface area contributed by atoms with Gasteiger partial charge in [0.05, 0.1) is 12.5 Å². The van der Waals surface area contributed by atoms with Gasteiger partial charge in [0.2, 0.25) is 5.91 Å². The summed E-state index contributed by atoms with van der Waals surface area (Å²) in [5, 5.41) is 14.6. The Morgan fingerprint density at radius 1 is 0.926 bits per heavy atom. The second-order valence-corrected chi connectivity index (χ2v) is 6.25. The van der Waals surface area contributed by atoms with E-state index in [-0.39, 0.29) is 12.3 Å². The molecule has 0 aromatic heterocycles. The Kier molecular flexibility index (Phi) is 7.55. The van der Waals surface area contributed by atoms with Crippen molar-refractivity contribution in [2.24, 2.45) is 0 Å². The van der Waals surface area contributed by atoms with Crippen molar-refractivity contribution in [1.29, 1.82) is 0 Å². The van der Waals surface area contributed by atoms with Crippen LogP contribution in [0.3, 0.4) is 0 Å². The number of hydrogen-bond acceptors (Lipinski definition) is 3. The molecule has 2 atom stereocenters. The molecule has 2 aromatic rings. The lowest BCUT2D eigenvalue weighted by Crippen LogP contribution is -2.42. The van der Waals surface area contributed by atoms with E-state index in [1.54, 1.807) is 24.3 Å². The fraction of sp³-hybridized carbons (Fsp3) is 0.286. The smallest absolute Gasteiger partial charge is 0.326 e. The molecule has 0 saturated heterocycles. The van der Waals surface area contributed by atoms with E-state index < -0.39 is 24.0 Å². The number of rotatable bonds is 9. The minimum Gasteiger partial charge on any atom is -0.480 e. The SMILES string of the molecule is CCC[C@H](NC(=O)C[C@H](NC(=O)c1ccccc1)c1ccccc1)C(=O)O. The predicted octanol–water partition coefficient (Wildman–Crippen LogP) is 2.92. The topological polar surface area (TPSA) is 95.5 Å². The highest BCUT2D eigenvalue weighted by Gasteiger charge is 2.23. The summed E-state index contributed by atoms with van der Waals surface area (Å²) in [6.07, 6.45) is 0.952. The van der Waals surface area contributed by atoms with Crippen LogP contribution in [0.15, 0.2) is 60.7 Å². The summed E-state index contributed by atoms with van der Waals surface area (Å²) in [6, 6.07) is 16.4. The number of carbonyl (C=O) groups excluding carboxylic acids is 2. The average molecular weight is 368 g/mol. The minimum atomic E-state index is -1.06. The summed E-state index contributed by atoms with van der Waals surface area (Å²) in [6.45, 7) is 1.86. The van der Waals surface area contributed by atoms with Gasteiger partial charge in [-0.05, 0) is 24.1 Å². The first kappa shape index (κ1) is 20.2. The molecule has 0 unspecified atom stereocenters. The van der Waals surface area contributed by atoms with Crippen LogP contribution in [0.2, 0.25) is 0 Å². The summed E-state index contributed by atoms with van der Waals surface area (Å²) in [5.74, 6) is -1.77. The maximum atomic E-state index is 12.5. The van der Waals surface area contributed by atoms with Crippen molar-refractivity contribution < 1.29 is 19.5 Å². The molecule has 6 heteroatoms. The fourth-order valence-electron chi connectivity index (χ4n) is 2.75. The molecule has 0 heterocycles. The zero-order valence-electron chi connectivity index (χ0n) is 15.2. The summed E-state index contributed by atoms with van der Waals surface area (Å²) in [4.78, 5) is 36.2. The zero-order valence-corrected chi connectivity index (χ0v) is 15.2. The largest absolute Gasteiger partial charge is 0.480 e. The van der Waals surface area contributed by atoms with Crippen LogP contribution in [0.25, 0.3) is 0 Å². The molecule has 3 N–H and O–H groups in total. The first-order chi connectivity index (χ1) is 13.0. The van der Waals surface area contributed by atoms with Crippen LogP contribution < -0.4 is 10.6 Å². The molecule has 2 rings (SSSR count). The van der Waals surface area contributed by atoms with Gasteiger partial charge in [0.25, 0.3) is 5.91 Å². The third kappa shape index (κ3) is 6.26. The number of carboxylic acids is 1. The molecule has 0 spiro atoms. The van der Waals surface area contributed by atoms with E-state index in [1.165, 1.54) is 0 Å². The molecule has 0 bridgehead atoms. The van der Waals surface area contributed by atoms with Crippen molar-refractivity contribution >= 4 is 17.8 Å². The Balaban J connectivity index is 2.12. The minimum absolute atomic E-state index is 0.0456. The first-order valence-corrected chi connectivity index (χ1v) is 8.94. The van der Waals surface area contributed by atoms with Gasteiger partial charge in [0.15, 0.2) is 0 Å². The van der Waals surface area contributed by atoms with Crippen molar-refractivity contribution in [1.82, 2.24) is 10.6 Å². The van der Waals surface area contributed by atoms with E-state index in [9.17, 15) is 19.5 Å². The Labute approximate surface area is 158 Å². The lowest BCUT2D eigenvalue weighted by Gasteiger charge is -2.21. The molecule has 2 amide bonds. The fourth-order valence-corrected chi connectivity index (χ4v) is 2.75. The molecule has 0 aliphatic carbocycles. The quantitative estimate of drug-likeness (QED) is 0.634. The van der Waals surface area contributed by atoms with Crippen LogP contribution >= 0.6 is 0 Å². The Morgan fingerprint density at radius 2 is 1.52 bits per heavy atom. The molecule has 142 valence electrons. The maximum Gasteiger partial charge on any atom is 0.326 e. The maximum absolute atomic E-state index is 12.5. The van der Waals surface area contributed by atoms with E-state index in [0.29, 0.717) is 18.4 Å². The molecular weight excluding hydrogens is 344 g/mol.